The van der Waals surface area contributed by atoms with Crippen LogP contribution in [0.25, 0.3) is 0 Å². The average molecular weight is 244 g/mol. The molecule has 2 fully saturated rings. The second-order valence-corrected chi connectivity index (χ2v) is 6.15. The molecular weight excluding hydrogens is 220 g/mol. The minimum atomic E-state index is 0.386. The van der Waals surface area contributed by atoms with E-state index < -0.39 is 0 Å². The zero-order valence-corrected chi connectivity index (χ0v) is 10.9. The quantitative estimate of drug-likeness (QED) is 0.789. The Balaban J connectivity index is 1.59. The summed E-state index contributed by atoms with van der Waals surface area (Å²) in [6.45, 7) is 7.78. The van der Waals surface area contributed by atoms with Gasteiger partial charge in [0.2, 0.25) is 0 Å². The van der Waals surface area contributed by atoms with Gasteiger partial charge in [-0.3, -0.25) is 0 Å². The van der Waals surface area contributed by atoms with Gasteiger partial charge >= 0.3 is 0 Å². The van der Waals surface area contributed by atoms with Gasteiger partial charge in [-0.1, -0.05) is 0 Å². The van der Waals surface area contributed by atoms with Crippen LogP contribution in [-0.4, -0.2) is 72.3 Å². The summed E-state index contributed by atoms with van der Waals surface area (Å²) in [7, 11) is 0. The molecule has 2 aliphatic heterocycles. The Kier molecular flexibility index (Phi) is 5.42. The number of hydrogen-bond donors (Lipinski definition) is 1. The van der Waals surface area contributed by atoms with Gasteiger partial charge in [0.25, 0.3) is 0 Å². The number of nitrogens with zero attached hydrogens (tertiary/aromatic N) is 2. The zero-order valence-electron chi connectivity index (χ0n) is 10.1. The first-order valence-corrected chi connectivity index (χ1v) is 7.67. The van der Waals surface area contributed by atoms with Gasteiger partial charge in [-0.05, 0) is 31.8 Å². The van der Waals surface area contributed by atoms with E-state index in [0.29, 0.717) is 12.5 Å². The summed E-state index contributed by atoms with van der Waals surface area (Å²) >= 11 is 2.08. The monoisotopic (exact) mass is 244 g/mol. The largest absolute Gasteiger partial charge is 0.396 e. The van der Waals surface area contributed by atoms with Crippen LogP contribution in [0.15, 0.2) is 0 Å². The first-order chi connectivity index (χ1) is 7.88. The molecule has 0 bridgehead atoms. The van der Waals surface area contributed by atoms with Gasteiger partial charge in [0.05, 0.1) is 0 Å². The zero-order chi connectivity index (χ0) is 11.2. The van der Waals surface area contributed by atoms with Crippen molar-refractivity contribution >= 4 is 11.8 Å². The van der Waals surface area contributed by atoms with E-state index >= 15 is 0 Å². The number of rotatable bonds is 4. The highest BCUT2D eigenvalue weighted by Crippen LogP contribution is 2.16. The maximum absolute atomic E-state index is 9.08. The summed E-state index contributed by atoms with van der Waals surface area (Å²) < 4.78 is 0. The molecule has 2 aliphatic rings. The van der Waals surface area contributed by atoms with Crippen molar-refractivity contribution in [3.63, 3.8) is 0 Å². The third kappa shape index (κ3) is 3.91. The molecule has 0 atom stereocenters. The maximum atomic E-state index is 9.08. The molecule has 3 nitrogen and oxygen atoms in total. The third-order valence-electron chi connectivity index (χ3n) is 3.80. The number of hydrogen-bond acceptors (Lipinski definition) is 4. The van der Waals surface area contributed by atoms with Crippen LogP contribution in [0.5, 0.6) is 0 Å². The summed E-state index contributed by atoms with van der Waals surface area (Å²) in [5, 5.41) is 9.08. The van der Waals surface area contributed by atoms with E-state index in [2.05, 4.69) is 21.6 Å². The first kappa shape index (κ1) is 12.7. The summed E-state index contributed by atoms with van der Waals surface area (Å²) in [6, 6.07) is 0. The van der Waals surface area contributed by atoms with Crippen molar-refractivity contribution in [1.29, 1.82) is 0 Å². The molecule has 0 spiro atoms. The smallest absolute Gasteiger partial charge is 0.0460 e. The number of likely N-dealkylation sites (tertiary alicyclic amines) is 1. The van der Waals surface area contributed by atoms with E-state index in [4.69, 9.17) is 5.11 Å². The molecule has 0 amide bonds. The molecule has 0 saturated carbocycles. The van der Waals surface area contributed by atoms with Crippen molar-refractivity contribution in [1.82, 2.24) is 9.80 Å². The maximum Gasteiger partial charge on any atom is 0.0460 e. The second kappa shape index (κ2) is 6.84. The fourth-order valence-electron chi connectivity index (χ4n) is 2.50. The van der Waals surface area contributed by atoms with Crippen molar-refractivity contribution in [2.45, 2.75) is 12.8 Å². The van der Waals surface area contributed by atoms with Crippen LogP contribution in [0.2, 0.25) is 0 Å². The standard InChI is InChI=1S/C12H24N2OS/c15-11-12-1-3-13(4-2-12)5-6-14-7-9-16-10-8-14/h12,15H,1-11H2. The lowest BCUT2D eigenvalue weighted by Crippen LogP contribution is -2.42. The van der Waals surface area contributed by atoms with Gasteiger partial charge in [0.15, 0.2) is 0 Å². The molecule has 1 N–H and O–H groups in total. The fraction of sp³-hybridized carbons (Fsp3) is 1.00. The predicted molar refractivity (Wildman–Crippen MR) is 70.0 cm³/mol. The Bertz CT molecular complexity index is 189. The Hall–Kier alpha value is 0.230. The van der Waals surface area contributed by atoms with E-state index in [-0.39, 0.29) is 0 Å². The van der Waals surface area contributed by atoms with Gasteiger partial charge < -0.3 is 14.9 Å². The molecule has 0 radical (unpaired) electrons. The van der Waals surface area contributed by atoms with E-state index in [1.807, 2.05) is 0 Å². The van der Waals surface area contributed by atoms with Gasteiger partial charge in [0.1, 0.15) is 0 Å². The van der Waals surface area contributed by atoms with Crippen LogP contribution in [0.3, 0.4) is 0 Å². The van der Waals surface area contributed by atoms with Crippen LogP contribution in [0, 0.1) is 5.92 Å². The molecular formula is C12H24N2OS. The molecule has 16 heavy (non-hydrogen) atoms. The highest BCUT2D eigenvalue weighted by atomic mass is 32.2. The van der Waals surface area contributed by atoms with Crippen LogP contribution < -0.4 is 0 Å². The topological polar surface area (TPSA) is 26.7 Å². The average Bonchev–Trinajstić information content (AvgIpc) is 2.38. The highest BCUT2D eigenvalue weighted by Gasteiger charge is 2.19. The summed E-state index contributed by atoms with van der Waals surface area (Å²) in [5.41, 5.74) is 0. The molecule has 2 rings (SSSR count). The van der Waals surface area contributed by atoms with Crippen molar-refractivity contribution in [3.05, 3.63) is 0 Å². The number of piperidine rings is 1. The minimum absolute atomic E-state index is 0.386. The molecule has 4 heteroatoms. The Morgan fingerprint density at radius 3 is 2.06 bits per heavy atom. The van der Waals surface area contributed by atoms with Gasteiger partial charge in [-0.15, -0.1) is 0 Å². The molecule has 2 saturated heterocycles. The first-order valence-electron chi connectivity index (χ1n) is 6.52. The van der Waals surface area contributed by atoms with Gasteiger partial charge in [-0.2, -0.15) is 11.8 Å². The summed E-state index contributed by atoms with van der Waals surface area (Å²) in [4.78, 5) is 5.16. The fourth-order valence-corrected chi connectivity index (χ4v) is 3.48. The van der Waals surface area contributed by atoms with Crippen molar-refractivity contribution < 1.29 is 5.11 Å². The number of aliphatic hydroxyl groups excluding tert-OH is 1. The van der Waals surface area contributed by atoms with Crippen molar-refractivity contribution in [2.75, 3.05) is 57.4 Å². The summed E-state index contributed by atoms with van der Waals surface area (Å²) in [5.74, 6) is 3.20. The molecule has 2 heterocycles. The van der Waals surface area contributed by atoms with Crippen LogP contribution in [0.1, 0.15) is 12.8 Å². The predicted octanol–water partition coefficient (Wildman–Crippen LogP) is 0.739. The Labute approximate surface area is 103 Å². The summed E-state index contributed by atoms with van der Waals surface area (Å²) in [6.07, 6.45) is 2.37. The van der Waals surface area contributed by atoms with E-state index in [1.54, 1.807) is 0 Å². The molecule has 0 aliphatic carbocycles. The van der Waals surface area contributed by atoms with Crippen LogP contribution >= 0.6 is 11.8 Å². The molecule has 94 valence electrons. The van der Waals surface area contributed by atoms with Gasteiger partial charge in [-0.25, -0.2) is 0 Å². The second-order valence-electron chi connectivity index (χ2n) is 4.92. The van der Waals surface area contributed by atoms with E-state index in [0.717, 1.165) is 0 Å². The number of thioether (sulfide) groups is 1. The normalized spacial score (nSPS) is 26.1. The highest BCUT2D eigenvalue weighted by molar-refractivity contribution is 7.99. The lowest BCUT2D eigenvalue weighted by molar-refractivity contribution is 0.121. The lowest BCUT2D eigenvalue weighted by atomic mass is 9.98. The van der Waals surface area contributed by atoms with E-state index in [1.165, 1.54) is 63.6 Å². The molecule has 0 aromatic rings. The third-order valence-corrected chi connectivity index (χ3v) is 4.74. The minimum Gasteiger partial charge on any atom is -0.396 e. The van der Waals surface area contributed by atoms with Crippen molar-refractivity contribution in [2.24, 2.45) is 5.92 Å². The Morgan fingerprint density at radius 1 is 0.938 bits per heavy atom. The van der Waals surface area contributed by atoms with Crippen molar-refractivity contribution in [3.8, 4) is 0 Å². The van der Waals surface area contributed by atoms with Crippen LogP contribution in [0.4, 0.5) is 0 Å². The van der Waals surface area contributed by atoms with Gasteiger partial charge in [0, 0.05) is 44.3 Å². The molecule has 0 unspecified atom stereocenters. The SMILES string of the molecule is OCC1CCN(CCN2CCSCC2)CC1. The van der Waals surface area contributed by atoms with Crippen LogP contribution in [-0.2, 0) is 0 Å². The Morgan fingerprint density at radius 2 is 1.50 bits per heavy atom. The van der Waals surface area contributed by atoms with E-state index in [9.17, 15) is 0 Å². The molecule has 0 aromatic carbocycles. The molecule has 0 aromatic heterocycles. The number of aliphatic hydroxyl groups is 1. The lowest BCUT2D eigenvalue weighted by Gasteiger charge is -2.33.